The van der Waals surface area contributed by atoms with Crippen molar-refractivity contribution in [3.63, 3.8) is 0 Å². The monoisotopic (exact) mass is 434 g/mol. The van der Waals surface area contributed by atoms with E-state index in [2.05, 4.69) is 11.4 Å². The smallest absolute Gasteiger partial charge is 0.261 e. The number of ether oxygens (including phenoxy) is 2. The number of hydrogen-bond acceptors (Lipinski definition) is 5. The Morgan fingerprint density at radius 1 is 0.938 bits per heavy atom. The molecule has 2 heterocycles. The highest BCUT2D eigenvalue weighted by Crippen LogP contribution is 2.43. The Bertz CT molecular complexity index is 1040. The highest BCUT2D eigenvalue weighted by Gasteiger charge is 2.38. The first-order valence-corrected chi connectivity index (χ1v) is 11.2. The molecule has 7 nitrogen and oxygen atoms in total. The molecule has 3 aliphatic rings. The molecule has 1 N–H and O–H groups in total. The van der Waals surface area contributed by atoms with Crippen LogP contribution in [0, 0.1) is 0 Å². The topological polar surface area (TPSA) is 84.9 Å². The fraction of sp³-hybridized carbons (Fsp3) is 0.400. The van der Waals surface area contributed by atoms with Crippen LogP contribution >= 0.6 is 0 Å². The van der Waals surface area contributed by atoms with Crippen LogP contribution in [-0.2, 0) is 10.2 Å². The van der Waals surface area contributed by atoms with Gasteiger partial charge in [0.1, 0.15) is 13.2 Å². The molecular formula is C25H26N2O5. The average Bonchev–Trinajstić information content (AvgIpc) is 3.41. The molecule has 3 amide bonds. The number of carbonyl (C=O) groups is 3. The Morgan fingerprint density at radius 3 is 2.28 bits per heavy atom. The SMILES string of the molecule is O=C(CCN1C(=O)c2ccccc2C1=O)NCC1(c2ccc3c(c2)OCCO3)CCCC1. The van der Waals surface area contributed by atoms with E-state index in [0.29, 0.717) is 30.9 Å². The van der Waals surface area contributed by atoms with Crippen LogP contribution in [0.15, 0.2) is 42.5 Å². The van der Waals surface area contributed by atoms with E-state index in [4.69, 9.17) is 9.47 Å². The molecule has 0 spiro atoms. The third-order valence-corrected chi connectivity index (χ3v) is 6.78. The third-order valence-electron chi connectivity index (χ3n) is 6.78. The van der Waals surface area contributed by atoms with Gasteiger partial charge in [-0.25, -0.2) is 0 Å². The van der Waals surface area contributed by atoms with Crippen molar-refractivity contribution >= 4 is 17.7 Å². The maximum Gasteiger partial charge on any atom is 0.261 e. The number of nitrogens with one attached hydrogen (secondary N) is 1. The molecule has 2 aromatic carbocycles. The van der Waals surface area contributed by atoms with Crippen molar-refractivity contribution in [2.45, 2.75) is 37.5 Å². The second kappa shape index (κ2) is 8.30. The van der Waals surface area contributed by atoms with Crippen molar-refractivity contribution in [1.29, 1.82) is 0 Å². The summed E-state index contributed by atoms with van der Waals surface area (Å²) in [6.45, 7) is 1.70. The van der Waals surface area contributed by atoms with Gasteiger partial charge in [-0.05, 0) is 42.7 Å². The van der Waals surface area contributed by atoms with E-state index in [1.807, 2.05) is 12.1 Å². The number of amides is 3. The van der Waals surface area contributed by atoms with Crippen molar-refractivity contribution in [1.82, 2.24) is 10.2 Å². The lowest BCUT2D eigenvalue weighted by atomic mass is 9.78. The Morgan fingerprint density at radius 2 is 1.59 bits per heavy atom. The molecule has 1 fully saturated rings. The number of rotatable bonds is 6. The minimum Gasteiger partial charge on any atom is -0.486 e. The van der Waals surface area contributed by atoms with E-state index in [9.17, 15) is 14.4 Å². The third kappa shape index (κ3) is 3.61. The predicted octanol–water partition coefficient (Wildman–Crippen LogP) is 3.07. The van der Waals surface area contributed by atoms with Crippen LogP contribution in [0.2, 0.25) is 0 Å². The highest BCUT2D eigenvalue weighted by molar-refractivity contribution is 6.21. The Hall–Kier alpha value is -3.35. The standard InChI is InChI=1S/C25H26N2O5/c28-22(9-12-27-23(29)18-5-1-2-6-19(18)24(27)30)26-16-25(10-3-4-11-25)17-7-8-20-21(15-17)32-14-13-31-20/h1-2,5-8,15H,3-4,9-14,16H2,(H,26,28). The summed E-state index contributed by atoms with van der Waals surface area (Å²) in [5.74, 6) is 0.698. The predicted molar refractivity (Wildman–Crippen MR) is 117 cm³/mol. The summed E-state index contributed by atoms with van der Waals surface area (Å²) >= 11 is 0. The second-order valence-electron chi connectivity index (χ2n) is 8.68. The molecule has 166 valence electrons. The Labute approximate surface area is 186 Å². The van der Waals surface area contributed by atoms with Crippen LogP contribution in [0.3, 0.4) is 0 Å². The lowest BCUT2D eigenvalue weighted by Crippen LogP contribution is -2.41. The van der Waals surface area contributed by atoms with Crippen LogP contribution in [0.1, 0.15) is 58.4 Å². The first-order valence-electron chi connectivity index (χ1n) is 11.2. The number of benzene rings is 2. The van der Waals surface area contributed by atoms with Gasteiger partial charge in [-0.1, -0.05) is 31.0 Å². The van der Waals surface area contributed by atoms with Crippen LogP contribution in [0.25, 0.3) is 0 Å². The van der Waals surface area contributed by atoms with Gasteiger partial charge in [0.2, 0.25) is 5.91 Å². The van der Waals surface area contributed by atoms with Gasteiger partial charge in [0, 0.05) is 24.9 Å². The molecule has 5 rings (SSSR count). The molecule has 2 aliphatic heterocycles. The highest BCUT2D eigenvalue weighted by atomic mass is 16.6. The summed E-state index contributed by atoms with van der Waals surface area (Å²) in [7, 11) is 0. The molecule has 7 heteroatoms. The number of nitrogens with zero attached hydrogens (tertiary/aromatic N) is 1. The fourth-order valence-electron chi connectivity index (χ4n) is 5.00. The zero-order valence-electron chi connectivity index (χ0n) is 17.9. The molecule has 0 bridgehead atoms. The summed E-state index contributed by atoms with van der Waals surface area (Å²) in [4.78, 5) is 38.8. The Balaban J connectivity index is 1.22. The van der Waals surface area contributed by atoms with Crippen molar-refractivity contribution in [2.24, 2.45) is 0 Å². The van der Waals surface area contributed by atoms with Gasteiger partial charge >= 0.3 is 0 Å². The zero-order valence-corrected chi connectivity index (χ0v) is 17.9. The number of imide groups is 1. The summed E-state index contributed by atoms with van der Waals surface area (Å²) in [5.41, 5.74) is 1.82. The molecule has 0 radical (unpaired) electrons. The fourth-order valence-corrected chi connectivity index (χ4v) is 5.00. The van der Waals surface area contributed by atoms with E-state index in [0.717, 1.165) is 47.6 Å². The number of carbonyl (C=O) groups excluding carboxylic acids is 3. The average molecular weight is 434 g/mol. The van der Waals surface area contributed by atoms with Gasteiger partial charge in [0.25, 0.3) is 11.8 Å². The second-order valence-corrected chi connectivity index (χ2v) is 8.68. The molecule has 0 atom stereocenters. The largest absolute Gasteiger partial charge is 0.486 e. The van der Waals surface area contributed by atoms with E-state index in [-0.39, 0.29) is 36.1 Å². The molecule has 0 aromatic heterocycles. The molecule has 1 aliphatic carbocycles. The normalized spacial score (nSPS) is 18.6. The van der Waals surface area contributed by atoms with Crippen molar-refractivity contribution in [3.05, 3.63) is 59.2 Å². The molecule has 0 saturated heterocycles. The van der Waals surface area contributed by atoms with E-state index < -0.39 is 0 Å². The molecule has 2 aromatic rings. The van der Waals surface area contributed by atoms with Crippen LogP contribution in [-0.4, -0.2) is 48.9 Å². The lowest BCUT2D eigenvalue weighted by molar-refractivity contribution is -0.121. The Kier molecular flexibility index (Phi) is 5.33. The van der Waals surface area contributed by atoms with E-state index in [1.54, 1.807) is 24.3 Å². The number of hydrogen-bond donors (Lipinski definition) is 1. The number of fused-ring (bicyclic) bond motifs is 2. The van der Waals surface area contributed by atoms with Gasteiger partial charge in [0.15, 0.2) is 11.5 Å². The molecular weight excluding hydrogens is 408 g/mol. The van der Waals surface area contributed by atoms with Crippen LogP contribution in [0.4, 0.5) is 0 Å². The maximum absolute atomic E-state index is 12.6. The molecule has 0 unspecified atom stereocenters. The summed E-state index contributed by atoms with van der Waals surface area (Å²) in [6, 6.07) is 12.8. The lowest BCUT2D eigenvalue weighted by Gasteiger charge is -2.31. The van der Waals surface area contributed by atoms with E-state index >= 15 is 0 Å². The van der Waals surface area contributed by atoms with Crippen molar-refractivity contribution < 1.29 is 23.9 Å². The first-order chi connectivity index (χ1) is 15.6. The minimum absolute atomic E-state index is 0.0786. The van der Waals surface area contributed by atoms with Gasteiger partial charge < -0.3 is 14.8 Å². The first kappa shape index (κ1) is 20.5. The van der Waals surface area contributed by atoms with Gasteiger partial charge in [-0.15, -0.1) is 0 Å². The summed E-state index contributed by atoms with van der Waals surface area (Å²) in [6.07, 6.45) is 4.29. The van der Waals surface area contributed by atoms with Gasteiger partial charge in [-0.3, -0.25) is 19.3 Å². The van der Waals surface area contributed by atoms with Crippen LogP contribution in [0.5, 0.6) is 11.5 Å². The van der Waals surface area contributed by atoms with Gasteiger partial charge in [0.05, 0.1) is 11.1 Å². The molecule has 32 heavy (non-hydrogen) atoms. The van der Waals surface area contributed by atoms with Gasteiger partial charge in [-0.2, -0.15) is 0 Å². The summed E-state index contributed by atoms with van der Waals surface area (Å²) in [5, 5.41) is 3.06. The maximum atomic E-state index is 12.6. The summed E-state index contributed by atoms with van der Waals surface area (Å²) < 4.78 is 11.4. The van der Waals surface area contributed by atoms with E-state index in [1.165, 1.54) is 0 Å². The quantitative estimate of drug-likeness (QED) is 0.707. The minimum atomic E-state index is -0.332. The van der Waals surface area contributed by atoms with Crippen molar-refractivity contribution in [3.8, 4) is 11.5 Å². The van der Waals surface area contributed by atoms with Crippen molar-refractivity contribution in [2.75, 3.05) is 26.3 Å². The van der Waals surface area contributed by atoms with Crippen LogP contribution < -0.4 is 14.8 Å². The molecule has 1 saturated carbocycles. The zero-order chi connectivity index (χ0) is 22.1.